The first kappa shape index (κ1) is 20.3. The molecule has 1 aliphatic heterocycles. The summed E-state index contributed by atoms with van der Waals surface area (Å²) in [5.74, 6) is 0.352. The van der Waals surface area contributed by atoms with Gasteiger partial charge in [-0.05, 0) is 61.4 Å². The van der Waals surface area contributed by atoms with Crippen molar-refractivity contribution in [1.29, 1.82) is 0 Å². The number of aryl methyl sites for hydroxylation is 1. The summed E-state index contributed by atoms with van der Waals surface area (Å²) in [6.45, 7) is 5.41. The van der Waals surface area contributed by atoms with Gasteiger partial charge in [0.15, 0.2) is 5.78 Å². The van der Waals surface area contributed by atoms with Gasteiger partial charge in [-0.2, -0.15) is 0 Å². The largest absolute Gasteiger partial charge is 0.376 e. The van der Waals surface area contributed by atoms with E-state index >= 15 is 0 Å². The van der Waals surface area contributed by atoms with Crippen LogP contribution in [-0.2, 0) is 11.3 Å². The number of carbonyl (C=O) groups excluding carboxylic acids is 1. The van der Waals surface area contributed by atoms with Crippen LogP contribution in [0.2, 0.25) is 0 Å². The molecule has 1 aliphatic rings. The van der Waals surface area contributed by atoms with Crippen LogP contribution in [-0.4, -0.2) is 49.0 Å². The molecule has 0 bridgehead atoms. The molecule has 0 aliphatic carbocycles. The van der Waals surface area contributed by atoms with Crippen LogP contribution in [0.3, 0.4) is 0 Å². The maximum Gasteiger partial charge on any atom is 0.209 e. The fourth-order valence-electron chi connectivity index (χ4n) is 3.66. The number of hydrogen-bond acceptors (Lipinski definition) is 6. The van der Waals surface area contributed by atoms with Crippen molar-refractivity contribution in [2.75, 3.05) is 12.4 Å². The third-order valence-electron chi connectivity index (χ3n) is 5.03. The van der Waals surface area contributed by atoms with Crippen molar-refractivity contribution < 1.29 is 9.53 Å². The van der Waals surface area contributed by atoms with E-state index in [2.05, 4.69) is 36.0 Å². The van der Waals surface area contributed by atoms with Gasteiger partial charge < -0.3 is 9.30 Å². The third-order valence-corrected chi connectivity index (χ3v) is 6.48. The van der Waals surface area contributed by atoms with E-state index in [0.29, 0.717) is 11.7 Å². The lowest BCUT2D eigenvalue weighted by Gasteiger charge is -2.11. The van der Waals surface area contributed by atoms with Crippen molar-refractivity contribution >= 4 is 33.5 Å². The van der Waals surface area contributed by atoms with E-state index in [1.54, 1.807) is 4.68 Å². The molecule has 152 valence electrons. The number of benzene rings is 1. The molecular weight excluding hydrogens is 454 g/mol. The lowest BCUT2D eigenvalue weighted by Crippen LogP contribution is -2.17. The number of ketones is 1. The summed E-state index contributed by atoms with van der Waals surface area (Å²) in [5, 5.41) is 12.5. The van der Waals surface area contributed by atoms with Crippen LogP contribution in [0.5, 0.6) is 0 Å². The summed E-state index contributed by atoms with van der Waals surface area (Å²) in [6, 6.07) is 10.0. The minimum Gasteiger partial charge on any atom is -0.376 e. The zero-order chi connectivity index (χ0) is 20.4. The number of tetrazole rings is 1. The number of Topliss-reactive ketones (excluding diaryl/α,β-unsaturated/α-hetero) is 1. The highest BCUT2D eigenvalue weighted by molar-refractivity contribution is 9.10. The van der Waals surface area contributed by atoms with Crippen LogP contribution in [0.1, 0.15) is 34.6 Å². The van der Waals surface area contributed by atoms with Crippen molar-refractivity contribution in [1.82, 2.24) is 24.8 Å². The molecular formula is C20H22BrN5O2S. The minimum atomic E-state index is 0.0658. The molecule has 29 heavy (non-hydrogen) atoms. The van der Waals surface area contributed by atoms with Crippen LogP contribution >= 0.6 is 27.7 Å². The number of nitrogens with zero attached hydrogens (tertiary/aromatic N) is 5. The van der Waals surface area contributed by atoms with E-state index < -0.39 is 0 Å². The maximum atomic E-state index is 12.9. The quantitative estimate of drug-likeness (QED) is 0.379. The van der Waals surface area contributed by atoms with Gasteiger partial charge in [0.25, 0.3) is 0 Å². The second kappa shape index (κ2) is 8.81. The normalized spacial score (nSPS) is 16.4. The Hall–Kier alpha value is -1.97. The highest BCUT2D eigenvalue weighted by Crippen LogP contribution is 2.25. The molecule has 7 nitrogen and oxygen atoms in total. The lowest BCUT2D eigenvalue weighted by molar-refractivity contribution is 0.0912. The van der Waals surface area contributed by atoms with Gasteiger partial charge in [0, 0.05) is 33.7 Å². The Morgan fingerprint density at radius 1 is 1.34 bits per heavy atom. The summed E-state index contributed by atoms with van der Waals surface area (Å²) in [7, 11) is 0. The van der Waals surface area contributed by atoms with Crippen LogP contribution in [0.4, 0.5) is 0 Å². The van der Waals surface area contributed by atoms with Crippen LogP contribution in [0.15, 0.2) is 40.0 Å². The monoisotopic (exact) mass is 475 g/mol. The fourth-order valence-corrected chi connectivity index (χ4v) is 4.82. The molecule has 0 radical (unpaired) electrons. The maximum absolute atomic E-state index is 12.9. The first-order valence-electron chi connectivity index (χ1n) is 9.51. The topological polar surface area (TPSA) is 74.8 Å². The van der Waals surface area contributed by atoms with Gasteiger partial charge in [0.05, 0.1) is 18.4 Å². The van der Waals surface area contributed by atoms with Gasteiger partial charge in [0.2, 0.25) is 5.16 Å². The molecule has 1 fully saturated rings. The fraction of sp³-hybridized carbons (Fsp3) is 0.400. The number of halogens is 1. The predicted molar refractivity (Wildman–Crippen MR) is 115 cm³/mol. The van der Waals surface area contributed by atoms with Gasteiger partial charge in [-0.25, -0.2) is 4.68 Å². The molecule has 9 heteroatoms. The van der Waals surface area contributed by atoms with Gasteiger partial charge in [-0.3, -0.25) is 4.79 Å². The third kappa shape index (κ3) is 4.46. The Kier molecular flexibility index (Phi) is 6.17. The van der Waals surface area contributed by atoms with Gasteiger partial charge in [0.1, 0.15) is 0 Å². The first-order chi connectivity index (χ1) is 14.0. The number of hydrogen-bond donors (Lipinski definition) is 0. The Morgan fingerprint density at radius 2 is 2.21 bits per heavy atom. The second-order valence-electron chi connectivity index (χ2n) is 7.09. The second-order valence-corrected chi connectivity index (χ2v) is 8.95. The molecule has 0 amide bonds. The molecule has 0 N–H and O–H groups in total. The first-order valence-corrected chi connectivity index (χ1v) is 11.3. The molecule has 3 heterocycles. The van der Waals surface area contributed by atoms with Gasteiger partial charge >= 0.3 is 0 Å². The Balaban J connectivity index is 1.47. The van der Waals surface area contributed by atoms with Crippen molar-refractivity contribution in [2.45, 2.75) is 44.5 Å². The highest BCUT2D eigenvalue weighted by atomic mass is 79.9. The van der Waals surface area contributed by atoms with Crippen molar-refractivity contribution in [3.05, 3.63) is 51.8 Å². The molecule has 0 saturated carbocycles. The van der Waals surface area contributed by atoms with E-state index in [4.69, 9.17) is 4.74 Å². The number of thioether (sulfide) groups is 1. The summed E-state index contributed by atoms with van der Waals surface area (Å²) in [5.41, 5.74) is 3.72. The Labute approximate surface area is 181 Å². The summed E-state index contributed by atoms with van der Waals surface area (Å²) < 4.78 is 10.5. The average Bonchev–Trinajstić information content (AvgIpc) is 3.42. The SMILES string of the molecule is Cc1cc(C(=O)CSc2nnnn2CC2CCCO2)c(C)n1-c1cccc(Br)c1. The van der Waals surface area contributed by atoms with Crippen molar-refractivity contribution in [3.8, 4) is 5.69 Å². The van der Waals surface area contributed by atoms with Gasteiger partial charge in [-0.15, -0.1) is 5.10 Å². The summed E-state index contributed by atoms with van der Waals surface area (Å²) >= 11 is 4.88. The minimum absolute atomic E-state index is 0.0658. The summed E-state index contributed by atoms with van der Waals surface area (Å²) in [6.07, 6.45) is 2.24. The number of carbonyl (C=O) groups is 1. The molecule has 2 aromatic heterocycles. The summed E-state index contributed by atoms with van der Waals surface area (Å²) in [4.78, 5) is 12.9. The number of ether oxygens (including phenoxy) is 1. The van der Waals surface area contributed by atoms with Crippen LogP contribution in [0, 0.1) is 13.8 Å². The van der Waals surface area contributed by atoms with Gasteiger partial charge in [-0.1, -0.05) is 33.8 Å². The molecule has 1 aromatic carbocycles. The standard InChI is InChI=1S/C20H22BrN5O2S/c1-13-9-18(14(2)26(13)16-6-3-5-15(21)10-16)19(27)12-29-20-22-23-24-25(20)11-17-7-4-8-28-17/h3,5-6,9-10,17H,4,7-8,11-12H2,1-2H3. The van der Waals surface area contributed by atoms with Crippen LogP contribution in [0.25, 0.3) is 5.69 Å². The van der Waals surface area contributed by atoms with Crippen molar-refractivity contribution in [2.24, 2.45) is 0 Å². The van der Waals surface area contributed by atoms with Crippen molar-refractivity contribution in [3.63, 3.8) is 0 Å². The molecule has 4 rings (SSSR count). The molecule has 1 unspecified atom stereocenters. The number of rotatable bonds is 7. The molecule has 1 atom stereocenters. The van der Waals surface area contributed by atoms with E-state index in [9.17, 15) is 4.79 Å². The zero-order valence-electron chi connectivity index (χ0n) is 16.3. The zero-order valence-corrected chi connectivity index (χ0v) is 18.7. The Bertz CT molecular complexity index is 1030. The molecule has 1 saturated heterocycles. The van der Waals surface area contributed by atoms with E-state index in [0.717, 1.165) is 46.6 Å². The van der Waals surface area contributed by atoms with E-state index in [1.165, 1.54) is 11.8 Å². The average molecular weight is 476 g/mol. The van der Waals surface area contributed by atoms with E-state index in [1.807, 2.05) is 44.2 Å². The lowest BCUT2D eigenvalue weighted by atomic mass is 10.2. The Morgan fingerprint density at radius 3 is 2.97 bits per heavy atom. The van der Waals surface area contributed by atoms with Crippen LogP contribution < -0.4 is 0 Å². The molecule has 0 spiro atoms. The smallest absolute Gasteiger partial charge is 0.209 e. The van der Waals surface area contributed by atoms with E-state index in [-0.39, 0.29) is 17.6 Å². The predicted octanol–water partition coefficient (Wildman–Crippen LogP) is 4.00. The number of aromatic nitrogens is 5. The molecule has 3 aromatic rings. The highest BCUT2D eigenvalue weighted by Gasteiger charge is 2.21.